The number of carbonyl (C=O) groups is 1. The lowest BCUT2D eigenvalue weighted by Crippen LogP contribution is -2.48. The van der Waals surface area contributed by atoms with Gasteiger partial charge in [-0.1, -0.05) is 52.3 Å². The van der Waals surface area contributed by atoms with Crippen LogP contribution in [-0.4, -0.2) is 31.8 Å². The number of nitrogens with zero attached hydrogens (tertiary/aromatic N) is 1. The van der Waals surface area contributed by atoms with Gasteiger partial charge in [-0.25, -0.2) is 13.2 Å². The molecule has 2 aromatic rings. The highest BCUT2D eigenvalue weighted by atomic mass is 79.9. The zero-order chi connectivity index (χ0) is 19.2. The molecular formula is C20H18BrNO4S. The molecule has 5 nitrogen and oxygen atoms in total. The number of fused-ring (bicyclic) bond motifs is 3. The van der Waals surface area contributed by atoms with Crippen molar-refractivity contribution in [1.82, 2.24) is 4.31 Å². The van der Waals surface area contributed by atoms with Gasteiger partial charge in [0.2, 0.25) is 10.0 Å². The Morgan fingerprint density at radius 2 is 2.00 bits per heavy atom. The molecule has 0 saturated heterocycles. The smallest absolute Gasteiger partial charge is 0.333 e. The number of carbonyl (C=O) groups excluding carboxylic acids is 1. The SMILES string of the molecule is CCOC(=O)C1=CCN2C(c3cccc(Br)c3)(C1)c1ccccc1S2(=O)=O. The minimum Gasteiger partial charge on any atom is -0.463 e. The van der Waals surface area contributed by atoms with Gasteiger partial charge in [-0.2, -0.15) is 4.31 Å². The fraction of sp³-hybridized carbons (Fsp3) is 0.250. The fourth-order valence-corrected chi connectivity index (χ4v) is 6.35. The van der Waals surface area contributed by atoms with Crippen LogP contribution in [-0.2, 0) is 25.1 Å². The van der Waals surface area contributed by atoms with Crippen molar-refractivity contribution in [2.75, 3.05) is 13.2 Å². The van der Waals surface area contributed by atoms with E-state index in [4.69, 9.17) is 4.74 Å². The summed E-state index contributed by atoms with van der Waals surface area (Å²) in [7, 11) is -3.67. The molecule has 0 saturated carbocycles. The molecular weight excluding hydrogens is 430 g/mol. The molecule has 0 spiro atoms. The summed E-state index contributed by atoms with van der Waals surface area (Å²) in [5, 5.41) is 0. The van der Waals surface area contributed by atoms with Crippen LogP contribution in [0.5, 0.6) is 0 Å². The van der Waals surface area contributed by atoms with E-state index in [1.807, 2.05) is 36.4 Å². The van der Waals surface area contributed by atoms with Crippen LogP contribution < -0.4 is 0 Å². The van der Waals surface area contributed by atoms with E-state index in [9.17, 15) is 13.2 Å². The minimum absolute atomic E-state index is 0.123. The molecule has 2 aliphatic rings. The van der Waals surface area contributed by atoms with Crippen LogP contribution in [0.1, 0.15) is 24.5 Å². The molecule has 0 aliphatic carbocycles. The average molecular weight is 448 g/mol. The van der Waals surface area contributed by atoms with Crippen molar-refractivity contribution >= 4 is 31.9 Å². The van der Waals surface area contributed by atoms with E-state index in [0.717, 1.165) is 10.0 Å². The molecule has 140 valence electrons. The van der Waals surface area contributed by atoms with Gasteiger partial charge in [0, 0.05) is 23.0 Å². The Labute approximate surface area is 166 Å². The predicted molar refractivity (Wildman–Crippen MR) is 105 cm³/mol. The van der Waals surface area contributed by atoms with E-state index in [1.54, 1.807) is 25.1 Å². The van der Waals surface area contributed by atoms with Crippen molar-refractivity contribution in [3.05, 3.63) is 75.8 Å². The van der Waals surface area contributed by atoms with Gasteiger partial charge in [-0.3, -0.25) is 0 Å². The second-order valence-electron chi connectivity index (χ2n) is 6.53. The normalized spacial score (nSPS) is 23.3. The van der Waals surface area contributed by atoms with Gasteiger partial charge in [0.05, 0.1) is 17.0 Å². The molecule has 0 aromatic heterocycles. The van der Waals surface area contributed by atoms with Crippen LogP contribution >= 0.6 is 15.9 Å². The Bertz CT molecular complexity index is 1060. The van der Waals surface area contributed by atoms with E-state index >= 15 is 0 Å². The lowest BCUT2D eigenvalue weighted by atomic mass is 9.76. The van der Waals surface area contributed by atoms with Crippen LogP contribution in [0.2, 0.25) is 0 Å². The first kappa shape index (κ1) is 18.4. The number of sulfonamides is 1. The van der Waals surface area contributed by atoms with Crippen molar-refractivity contribution < 1.29 is 17.9 Å². The van der Waals surface area contributed by atoms with E-state index < -0.39 is 21.5 Å². The zero-order valence-electron chi connectivity index (χ0n) is 14.7. The van der Waals surface area contributed by atoms with Gasteiger partial charge < -0.3 is 4.74 Å². The van der Waals surface area contributed by atoms with Crippen LogP contribution in [0, 0.1) is 0 Å². The highest BCUT2D eigenvalue weighted by Gasteiger charge is 2.56. The highest BCUT2D eigenvalue weighted by molar-refractivity contribution is 9.10. The monoisotopic (exact) mass is 447 g/mol. The Balaban J connectivity index is 1.99. The fourth-order valence-electron chi connectivity index (χ4n) is 4.00. The van der Waals surface area contributed by atoms with Gasteiger partial charge in [-0.15, -0.1) is 0 Å². The molecule has 2 aromatic carbocycles. The molecule has 0 amide bonds. The number of hydrogen-bond acceptors (Lipinski definition) is 4. The summed E-state index contributed by atoms with van der Waals surface area (Å²) < 4.78 is 34.0. The second kappa shape index (κ2) is 6.58. The van der Waals surface area contributed by atoms with Crippen molar-refractivity contribution in [2.24, 2.45) is 0 Å². The van der Waals surface area contributed by atoms with E-state index in [2.05, 4.69) is 15.9 Å². The summed E-state index contributed by atoms with van der Waals surface area (Å²) >= 11 is 3.49. The molecule has 4 rings (SSSR count). The predicted octanol–water partition coefficient (Wildman–Crippen LogP) is 3.59. The quantitative estimate of drug-likeness (QED) is 0.674. The first-order valence-corrected chi connectivity index (χ1v) is 10.9. The largest absolute Gasteiger partial charge is 0.463 e. The number of benzene rings is 2. The van der Waals surface area contributed by atoms with Gasteiger partial charge >= 0.3 is 5.97 Å². The topological polar surface area (TPSA) is 63.7 Å². The standard InChI is InChI=1S/C20H18BrNO4S/c1-2-26-19(23)14-10-11-22-20(13-14,15-6-5-7-16(21)12-15)17-8-3-4-9-18(17)27(22,24)25/h3-10,12H,2,11,13H2,1H3. The summed E-state index contributed by atoms with van der Waals surface area (Å²) in [5.41, 5.74) is 1.05. The van der Waals surface area contributed by atoms with Gasteiger partial charge in [0.15, 0.2) is 0 Å². The van der Waals surface area contributed by atoms with E-state index in [0.29, 0.717) is 16.0 Å². The summed E-state index contributed by atoms with van der Waals surface area (Å²) in [5.74, 6) is -0.395. The van der Waals surface area contributed by atoms with Crippen LogP contribution in [0.15, 0.2) is 69.5 Å². The lowest BCUT2D eigenvalue weighted by Gasteiger charge is -2.41. The molecule has 0 N–H and O–H groups in total. The highest BCUT2D eigenvalue weighted by Crippen LogP contribution is 2.53. The van der Waals surface area contributed by atoms with Crippen LogP contribution in [0.3, 0.4) is 0 Å². The Hall–Kier alpha value is -1.96. The van der Waals surface area contributed by atoms with E-state index in [-0.39, 0.29) is 19.6 Å². The molecule has 1 atom stereocenters. The number of hydrogen-bond donors (Lipinski definition) is 0. The Morgan fingerprint density at radius 1 is 1.22 bits per heavy atom. The van der Waals surface area contributed by atoms with Gasteiger partial charge in [0.1, 0.15) is 0 Å². The average Bonchev–Trinajstić information content (AvgIpc) is 2.87. The second-order valence-corrected chi connectivity index (χ2v) is 9.28. The van der Waals surface area contributed by atoms with Crippen molar-refractivity contribution in [3.8, 4) is 0 Å². The van der Waals surface area contributed by atoms with Gasteiger partial charge in [-0.05, 0) is 36.2 Å². The maximum absolute atomic E-state index is 13.3. The zero-order valence-corrected chi connectivity index (χ0v) is 17.1. The Kier molecular flexibility index (Phi) is 4.49. The van der Waals surface area contributed by atoms with Crippen LogP contribution in [0.25, 0.3) is 0 Å². The minimum atomic E-state index is -3.67. The molecule has 0 fully saturated rings. The number of rotatable bonds is 3. The molecule has 2 aliphatic heterocycles. The Morgan fingerprint density at radius 3 is 2.74 bits per heavy atom. The van der Waals surface area contributed by atoms with Crippen LogP contribution in [0.4, 0.5) is 0 Å². The maximum atomic E-state index is 13.3. The first-order valence-electron chi connectivity index (χ1n) is 8.66. The van der Waals surface area contributed by atoms with Crippen molar-refractivity contribution in [3.63, 3.8) is 0 Å². The van der Waals surface area contributed by atoms with Crippen molar-refractivity contribution in [1.29, 1.82) is 0 Å². The molecule has 1 unspecified atom stereocenters. The molecule has 2 heterocycles. The summed E-state index contributed by atoms with van der Waals surface area (Å²) in [4.78, 5) is 12.7. The third-order valence-electron chi connectivity index (χ3n) is 5.12. The number of ether oxygens (including phenoxy) is 1. The summed E-state index contributed by atoms with van der Waals surface area (Å²) in [6.45, 7) is 2.16. The summed E-state index contributed by atoms with van der Waals surface area (Å²) in [6.07, 6.45) is 1.90. The number of esters is 1. The first-order chi connectivity index (χ1) is 12.9. The molecule has 0 radical (unpaired) electrons. The molecule has 0 bridgehead atoms. The molecule has 7 heteroatoms. The van der Waals surface area contributed by atoms with Gasteiger partial charge in [0.25, 0.3) is 0 Å². The third kappa shape index (κ3) is 2.68. The third-order valence-corrected chi connectivity index (χ3v) is 7.56. The van der Waals surface area contributed by atoms with Crippen molar-refractivity contribution in [2.45, 2.75) is 23.8 Å². The van der Waals surface area contributed by atoms with E-state index in [1.165, 1.54) is 4.31 Å². The number of halogens is 1. The summed E-state index contributed by atoms with van der Waals surface area (Å²) in [6, 6.07) is 14.6. The maximum Gasteiger partial charge on any atom is 0.333 e. The lowest BCUT2D eigenvalue weighted by molar-refractivity contribution is -0.139. The molecule has 27 heavy (non-hydrogen) atoms.